The van der Waals surface area contributed by atoms with E-state index < -0.39 is 0 Å². The van der Waals surface area contributed by atoms with E-state index in [1.165, 1.54) is 6.33 Å². The Bertz CT molecular complexity index is 721. The standard InChI is InChI=1S/C12H9N3O2.V/c1-8-11(12(13)15-7-14-8)5-4-9-2-3-10(6-16)17-9;/h2-3,5-7H,1H2,(H2,13,14,15);/b11-5+;. The van der Waals surface area contributed by atoms with Crippen LogP contribution >= 0.6 is 0 Å². The molecular weight excluding hydrogens is 269 g/mol. The molecule has 89 valence electrons. The third-order valence-corrected chi connectivity index (χ3v) is 2.82. The van der Waals surface area contributed by atoms with Gasteiger partial charge in [0.1, 0.15) is 0 Å². The van der Waals surface area contributed by atoms with Crippen LogP contribution in [0.15, 0.2) is 22.9 Å². The van der Waals surface area contributed by atoms with E-state index in [-0.39, 0.29) is 5.76 Å². The van der Waals surface area contributed by atoms with E-state index in [1.54, 1.807) is 18.2 Å². The molecule has 2 N–H and O–H groups in total. The first kappa shape index (κ1) is 12.5. The van der Waals surface area contributed by atoms with Gasteiger partial charge in [-0.25, -0.2) is 0 Å². The Hall–Kier alpha value is -1.98. The van der Waals surface area contributed by atoms with E-state index in [9.17, 15) is 4.79 Å². The fourth-order valence-corrected chi connectivity index (χ4v) is 1.76. The molecule has 0 radical (unpaired) electrons. The zero-order valence-corrected chi connectivity index (χ0v) is 10.7. The Balaban J connectivity index is 2.47. The molecule has 2 aromatic rings. The van der Waals surface area contributed by atoms with Gasteiger partial charge < -0.3 is 0 Å². The second-order valence-electron chi connectivity index (χ2n) is 3.47. The van der Waals surface area contributed by atoms with Crippen molar-refractivity contribution in [3.63, 3.8) is 0 Å². The van der Waals surface area contributed by atoms with Crippen LogP contribution in [0.3, 0.4) is 0 Å². The van der Waals surface area contributed by atoms with E-state index in [0.717, 1.165) is 4.23 Å². The number of nitrogens with two attached hydrogens (primary N) is 1. The summed E-state index contributed by atoms with van der Waals surface area (Å²) in [5.74, 6) is 1.19. The SMILES string of the molecule is C=c1ncnc(N)/c1=C/[C](=[V])c1ccc(C=O)o1. The average molecular weight is 278 g/mol. The summed E-state index contributed by atoms with van der Waals surface area (Å²) in [7, 11) is 0. The first-order valence-corrected chi connectivity index (χ1v) is 5.70. The number of carbonyl (C=O) groups is 1. The number of nitrogens with zero attached hydrogens (tertiary/aromatic N) is 2. The molecule has 0 aliphatic carbocycles. The molecular formula is C12H9N3O2V. The normalized spacial score (nSPS) is 11.4. The fourth-order valence-electron chi connectivity index (χ4n) is 1.37. The van der Waals surface area contributed by atoms with E-state index in [1.807, 2.05) is 0 Å². The molecule has 6 heteroatoms. The van der Waals surface area contributed by atoms with Crippen LogP contribution in [0.25, 0.3) is 12.7 Å². The minimum absolute atomic E-state index is 0.272. The Morgan fingerprint density at radius 1 is 1.44 bits per heavy atom. The van der Waals surface area contributed by atoms with Crippen LogP contribution in [-0.4, -0.2) is 20.5 Å². The van der Waals surface area contributed by atoms with Crippen molar-refractivity contribution in [3.8, 4) is 0 Å². The van der Waals surface area contributed by atoms with Crippen LogP contribution in [0.2, 0.25) is 0 Å². The number of hydrogen-bond acceptors (Lipinski definition) is 5. The monoisotopic (exact) mass is 278 g/mol. The maximum absolute atomic E-state index is 10.5. The van der Waals surface area contributed by atoms with Crippen molar-refractivity contribution in [2.75, 3.05) is 5.73 Å². The van der Waals surface area contributed by atoms with Gasteiger partial charge in [-0.1, -0.05) is 0 Å². The zero-order chi connectivity index (χ0) is 13.1. The summed E-state index contributed by atoms with van der Waals surface area (Å²) >= 11 is 2.35. The number of aromatic nitrogens is 2. The number of anilines is 1. The molecule has 0 aromatic carbocycles. The van der Waals surface area contributed by atoms with Gasteiger partial charge in [-0.2, -0.15) is 0 Å². The van der Waals surface area contributed by atoms with Crippen LogP contribution in [0.4, 0.5) is 5.82 Å². The molecule has 0 unspecified atom stereocenters. The molecule has 0 saturated heterocycles. The van der Waals surface area contributed by atoms with Gasteiger partial charge in [-0.3, -0.25) is 0 Å². The maximum atomic E-state index is 10.5. The van der Waals surface area contributed by atoms with E-state index in [0.29, 0.717) is 28.4 Å². The Kier molecular flexibility index (Phi) is 3.55. The molecule has 0 saturated carbocycles. The molecule has 2 rings (SSSR count). The Morgan fingerprint density at radius 2 is 2.22 bits per heavy atom. The van der Waals surface area contributed by atoms with E-state index >= 15 is 0 Å². The van der Waals surface area contributed by atoms with Gasteiger partial charge in [-0.05, 0) is 0 Å². The van der Waals surface area contributed by atoms with Crippen molar-refractivity contribution in [1.29, 1.82) is 0 Å². The van der Waals surface area contributed by atoms with Gasteiger partial charge in [-0.15, -0.1) is 0 Å². The van der Waals surface area contributed by atoms with Gasteiger partial charge in [0.15, 0.2) is 0 Å². The first-order chi connectivity index (χ1) is 8.61. The van der Waals surface area contributed by atoms with Crippen molar-refractivity contribution in [2.24, 2.45) is 0 Å². The molecule has 0 fully saturated rings. The van der Waals surface area contributed by atoms with Crippen molar-refractivity contribution in [1.82, 2.24) is 9.97 Å². The predicted octanol–water partition coefficient (Wildman–Crippen LogP) is -0.577. The average Bonchev–Trinajstić information content (AvgIpc) is 2.82. The van der Waals surface area contributed by atoms with E-state index in [4.69, 9.17) is 10.2 Å². The number of rotatable bonds is 3. The summed E-state index contributed by atoms with van der Waals surface area (Å²) in [4.78, 5) is 18.4. The molecule has 0 atom stereocenters. The summed E-state index contributed by atoms with van der Waals surface area (Å²) in [6.07, 6.45) is 3.76. The number of hydrogen-bond donors (Lipinski definition) is 1. The number of furan rings is 1. The predicted molar refractivity (Wildman–Crippen MR) is 63.9 cm³/mol. The molecule has 18 heavy (non-hydrogen) atoms. The third-order valence-electron chi connectivity index (χ3n) is 2.27. The second-order valence-corrected chi connectivity index (χ2v) is 4.22. The third kappa shape index (κ3) is 2.47. The molecule has 0 aliphatic heterocycles. The van der Waals surface area contributed by atoms with Gasteiger partial charge in [0.25, 0.3) is 0 Å². The topological polar surface area (TPSA) is 82.0 Å². The van der Waals surface area contributed by atoms with Crippen LogP contribution in [0.5, 0.6) is 0 Å². The summed E-state index contributed by atoms with van der Waals surface area (Å²) in [6, 6.07) is 3.30. The van der Waals surface area contributed by atoms with Crippen molar-refractivity contribution < 1.29 is 26.2 Å². The number of aldehydes is 1. The summed E-state index contributed by atoms with van der Waals surface area (Å²) in [6.45, 7) is 3.78. The molecule has 0 bridgehead atoms. The summed E-state index contributed by atoms with van der Waals surface area (Å²) in [5.41, 5.74) is 5.75. The number of nitrogen functional groups attached to an aromatic ring is 1. The van der Waals surface area contributed by atoms with Crippen molar-refractivity contribution in [2.45, 2.75) is 0 Å². The number of carbonyl (C=O) groups excluding carboxylic acids is 1. The molecule has 0 amide bonds. The molecule has 2 aromatic heterocycles. The Morgan fingerprint density at radius 3 is 2.83 bits per heavy atom. The van der Waals surface area contributed by atoms with Crippen molar-refractivity contribution in [3.05, 3.63) is 40.5 Å². The Labute approximate surface area is 112 Å². The summed E-state index contributed by atoms with van der Waals surface area (Å²) < 4.78 is 6.04. The minimum atomic E-state index is 0.272. The van der Waals surface area contributed by atoms with Crippen LogP contribution in [0.1, 0.15) is 16.3 Å². The van der Waals surface area contributed by atoms with Gasteiger partial charge >= 0.3 is 111 Å². The molecule has 5 nitrogen and oxygen atoms in total. The van der Waals surface area contributed by atoms with Gasteiger partial charge in [0, 0.05) is 0 Å². The molecule has 2 heterocycles. The van der Waals surface area contributed by atoms with Gasteiger partial charge in [0.2, 0.25) is 0 Å². The quantitative estimate of drug-likeness (QED) is 0.760. The van der Waals surface area contributed by atoms with E-state index in [2.05, 4.69) is 33.5 Å². The van der Waals surface area contributed by atoms with Crippen LogP contribution in [0, 0.1) is 0 Å². The summed E-state index contributed by atoms with van der Waals surface area (Å²) in [5, 5.41) is 1.17. The van der Waals surface area contributed by atoms with Crippen molar-refractivity contribution >= 4 is 29.0 Å². The first-order valence-electron chi connectivity index (χ1n) is 5.00. The molecule has 0 aliphatic rings. The molecule has 0 spiro atoms. The fraction of sp³-hybridized carbons (Fsp3) is 0. The van der Waals surface area contributed by atoms with Crippen LogP contribution in [-0.2, 0) is 17.0 Å². The zero-order valence-electron chi connectivity index (χ0n) is 9.33. The van der Waals surface area contributed by atoms with Gasteiger partial charge in [0.05, 0.1) is 0 Å². The second kappa shape index (κ2) is 5.12. The van der Waals surface area contributed by atoms with Crippen LogP contribution < -0.4 is 16.3 Å².